The Morgan fingerprint density at radius 3 is 2.23 bits per heavy atom. The zero-order chi connectivity index (χ0) is 53.8. The number of piperidine rings is 4. The van der Waals surface area contributed by atoms with Gasteiger partial charge in [0.25, 0.3) is 11.8 Å². The lowest BCUT2D eigenvalue weighted by Gasteiger charge is -2.48. The van der Waals surface area contributed by atoms with E-state index in [-0.39, 0.29) is 24.1 Å². The summed E-state index contributed by atoms with van der Waals surface area (Å²) < 4.78 is 36.9. The molecule has 4 aromatic carbocycles. The van der Waals surface area contributed by atoms with E-state index in [9.17, 15) is 28.1 Å². The number of hydrogen-bond acceptors (Lipinski definition) is 14. The predicted octanol–water partition coefficient (Wildman–Crippen LogP) is 9.19. The molecule has 1 atom stereocenters. The Morgan fingerprint density at radius 1 is 0.792 bits per heavy atom. The monoisotopic (exact) mass is 1130 g/mol. The number of aromatic nitrogens is 4. The Labute approximate surface area is 455 Å². The normalized spacial score (nSPS) is 19.2. The largest absolute Gasteiger partial charge is 0.494 e. The third-order valence-electron chi connectivity index (χ3n) is 16.3. The van der Waals surface area contributed by atoms with Crippen molar-refractivity contribution in [3.05, 3.63) is 113 Å². The van der Waals surface area contributed by atoms with E-state index in [1.807, 2.05) is 25.5 Å². The van der Waals surface area contributed by atoms with Crippen molar-refractivity contribution in [2.45, 2.75) is 57.4 Å². The quantitative estimate of drug-likeness (QED) is 0.0734. The van der Waals surface area contributed by atoms with Crippen molar-refractivity contribution < 1.29 is 32.9 Å². The van der Waals surface area contributed by atoms with Crippen molar-refractivity contribution in [1.82, 2.24) is 34.9 Å². The first kappa shape index (κ1) is 52.1. The van der Waals surface area contributed by atoms with Crippen LogP contribution >= 0.6 is 23.1 Å². The number of rotatable bonds is 13. The van der Waals surface area contributed by atoms with Gasteiger partial charge in [0.05, 0.1) is 40.3 Å². The number of likely N-dealkylation sites (tertiary alicyclic amines) is 1. The molecule has 77 heavy (non-hydrogen) atoms. The molecule has 0 saturated carbocycles. The van der Waals surface area contributed by atoms with Gasteiger partial charge < -0.3 is 34.6 Å². The van der Waals surface area contributed by atoms with E-state index in [4.69, 9.17) is 9.72 Å². The summed E-state index contributed by atoms with van der Waals surface area (Å²) in [5.74, 6) is -0.343. The van der Waals surface area contributed by atoms with E-state index < -0.39 is 36.8 Å². The van der Waals surface area contributed by atoms with Gasteiger partial charge in [-0.2, -0.15) is 10.1 Å². The van der Waals surface area contributed by atoms with E-state index in [0.717, 1.165) is 112 Å². The molecule has 4 fully saturated rings. The third-order valence-corrected chi connectivity index (χ3v) is 18.5. The smallest absolute Gasteiger partial charge is 0.262 e. The molecule has 400 valence electrons. The number of nitrogens with zero attached hydrogens (tertiary/aromatic N) is 8. The molecule has 0 radical (unpaired) electrons. The Kier molecular flexibility index (Phi) is 14.3. The van der Waals surface area contributed by atoms with Crippen molar-refractivity contribution in [2.75, 3.05) is 86.7 Å². The van der Waals surface area contributed by atoms with Gasteiger partial charge in [-0.1, -0.05) is 24.3 Å². The number of anilines is 6. The number of halogens is 2. The van der Waals surface area contributed by atoms with E-state index in [1.54, 1.807) is 79.8 Å². The van der Waals surface area contributed by atoms with Gasteiger partial charge >= 0.3 is 0 Å². The minimum absolute atomic E-state index is 0.0894. The Bertz CT molecular complexity index is 3360. The van der Waals surface area contributed by atoms with Crippen LogP contribution in [0, 0.1) is 17.2 Å². The second-order valence-electron chi connectivity index (χ2n) is 21.6. The molecule has 1 spiro atoms. The lowest BCUT2D eigenvalue weighted by atomic mass is 9.71. The summed E-state index contributed by atoms with van der Waals surface area (Å²) >= 11 is 3.61. The minimum Gasteiger partial charge on any atom is -0.494 e. The highest BCUT2D eigenvalue weighted by Gasteiger charge is 2.45. The van der Waals surface area contributed by atoms with E-state index in [1.165, 1.54) is 6.07 Å². The SMILES string of the molecule is COc1cc(N2CCC(CN3CCC4(CC3)CCN(c3ccc5c(c3)C(=O)N(C3CCC(=O)NC3=O)C5=O)CC4)CC2)c(-c2cnn(C)c2)cc1Nc1ncc(Br)c(Nc2ccc(-c3ccccc3F)cc2P(C)(C)=O)n1. The second kappa shape index (κ2) is 21.1. The van der Waals surface area contributed by atoms with Crippen LogP contribution in [0.4, 0.5) is 38.9 Å². The Balaban J connectivity index is 0.716. The Hall–Kier alpha value is -6.95. The van der Waals surface area contributed by atoms with Gasteiger partial charge in [0.2, 0.25) is 17.8 Å². The van der Waals surface area contributed by atoms with Crippen molar-refractivity contribution in [3.8, 4) is 28.0 Å². The fourth-order valence-corrected chi connectivity index (χ4v) is 13.4. The molecule has 1 unspecified atom stereocenters. The summed E-state index contributed by atoms with van der Waals surface area (Å²) in [6.07, 6.45) is 12.3. The van der Waals surface area contributed by atoms with Crippen LogP contribution in [0.3, 0.4) is 0 Å². The fraction of sp³-hybridized carbons (Fsp3) is 0.386. The molecule has 6 aromatic rings. The topological polar surface area (TPSA) is 187 Å². The number of carbonyl (C=O) groups excluding carboxylic acids is 4. The van der Waals surface area contributed by atoms with Crippen LogP contribution in [0.15, 0.2) is 95.9 Å². The molecule has 5 aliphatic heterocycles. The first-order valence-electron chi connectivity index (χ1n) is 26.3. The highest BCUT2D eigenvalue weighted by Crippen LogP contribution is 2.46. The maximum Gasteiger partial charge on any atom is 0.262 e. The first-order chi connectivity index (χ1) is 37.0. The number of hydrogen-bond donors (Lipinski definition) is 3. The van der Waals surface area contributed by atoms with Gasteiger partial charge in [0, 0.05) is 98.0 Å². The van der Waals surface area contributed by atoms with Gasteiger partial charge in [0.1, 0.15) is 30.6 Å². The predicted molar refractivity (Wildman–Crippen MR) is 300 cm³/mol. The summed E-state index contributed by atoms with van der Waals surface area (Å²) in [7, 11) is 0.719. The summed E-state index contributed by atoms with van der Waals surface area (Å²) in [4.78, 5) is 69.0. The standard InChI is InChI=1S/C57H62BrFN11O6P/c1-66-34-37(31-61-66)41-29-46(63-56-60-32-43(58)52(65-56)62-45-12-9-36(27-50(45)77(3,4)75)39-7-5-6-8-44(39)59)49(76-2)30-48(41)69-21-15-35(16-22-69)33-67-23-17-57(18-24-67)19-25-68(26-20-57)38-10-11-40-42(28-38)55(74)70(54(40)73)47-13-14-51(71)64-53(47)72/h5-12,27-32,34-35,47H,13-26,33H2,1-4H3,(H,64,71,72)(H2,60,62,63,65). The molecule has 17 nitrogen and oxygen atoms in total. The number of ether oxygens (including phenoxy) is 1. The van der Waals surface area contributed by atoms with Gasteiger partial charge in [-0.3, -0.25) is 34.1 Å². The number of benzene rings is 4. The molecular formula is C57H62BrFN11O6P. The summed E-state index contributed by atoms with van der Waals surface area (Å²) in [5, 5.41) is 14.1. The number of aryl methyl sites for hydroxylation is 1. The van der Waals surface area contributed by atoms with Gasteiger partial charge in [-0.15, -0.1) is 0 Å². The zero-order valence-corrected chi connectivity index (χ0v) is 46.1. The molecule has 0 bridgehead atoms. The molecule has 5 aliphatic rings. The van der Waals surface area contributed by atoms with Crippen LogP contribution in [0.1, 0.15) is 72.1 Å². The number of fused-ring (bicyclic) bond motifs is 1. The van der Waals surface area contributed by atoms with Crippen molar-refractivity contribution >= 4 is 86.5 Å². The summed E-state index contributed by atoms with van der Waals surface area (Å²) in [5.41, 5.74) is 7.17. The number of nitrogens with one attached hydrogen (secondary N) is 3. The van der Waals surface area contributed by atoms with Crippen LogP contribution in [0.5, 0.6) is 5.75 Å². The lowest BCUT2D eigenvalue weighted by molar-refractivity contribution is -0.136. The molecule has 20 heteroatoms. The zero-order valence-electron chi connectivity index (χ0n) is 43.7. The number of carbonyl (C=O) groups is 4. The molecule has 4 amide bonds. The average Bonchev–Trinajstić information content (AvgIpc) is 4.11. The maximum absolute atomic E-state index is 14.8. The molecular weight excluding hydrogens is 1060 g/mol. The molecule has 11 rings (SSSR count). The fourth-order valence-electron chi connectivity index (χ4n) is 11.9. The van der Waals surface area contributed by atoms with Crippen molar-refractivity contribution in [2.24, 2.45) is 18.4 Å². The minimum atomic E-state index is -2.85. The maximum atomic E-state index is 14.8. The molecule has 0 aliphatic carbocycles. The van der Waals surface area contributed by atoms with Crippen molar-refractivity contribution in [3.63, 3.8) is 0 Å². The van der Waals surface area contributed by atoms with Crippen molar-refractivity contribution in [1.29, 1.82) is 0 Å². The summed E-state index contributed by atoms with van der Waals surface area (Å²) in [6, 6.07) is 20.5. The second-order valence-corrected chi connectivity index (χ2v) is 25.6. The number of methoxy groups -OCH3 is 1. The number of imide groups is 2. The van der Waals surface area contributed by atoms with Crippen LogP contribution < -0.4 is 35.8 Å². The van der Waals surface area contributed by atoms with Gasteiger partial charge in [-0.05, 0) is 147 Å². The van der Waals surface area contributed by atoms with E-state index >= 15 is 0 Å². The highest BCUT2D eigenvalue weighted by molar-refractivity contribution is 9.10. The lowest BCUT2D eigenvalue weighted by Crippen LogP contribution is -2.54. The van der Waals surface area contributed by atoms with Crippen LogP contribution in [0.2, 0.25) is 0 Å². The van der Waals surface area contributed by atoms with Gasteiger partial charge in [0.15, 0.2) is 0 Å². The Morgan fingerprint density at radius 2 is 1.53 bits per heavy atom. The van der Waals surface area contributed by atoms with Crippen LogP contribution in [-0.4, -0.2) is 125 Å². The molecule has 3 N–H and O–H groups in total. The summed E-state index contributed by atoms with van der Waals surface area (Å²) in [6.45, 7) is 10.2. The van der Waals surface area contributed by atoms with Crippen LogP contribution in [-0.2, 0) is 21.2 Å². The third kappa shape index (κ3) is 10.6. The van der Waals surface area contributed by atoms with E-state index in [0.29, 0.717) is 66.8 Å². The molecule has 7 heterocycles. The molecule has 2 aromatic heterocycles. The van der Waals surface area contributed by atoms with Gasteiger partial charge in [-0.25, -0.2) is 9.37 Å². The number of amides is 4. The first-order valence-corrected chi connectivity index (χ1v) is 29.7. The highest BCUT2D eigenvalue weighted by atomic mass is 79.9. The van der Waals surface area contributed by atoms with E-state index in [2.05, 4.69) is 68.8 Å². The molecule has 4 saturated heterocycles. The average molecular weight is 1130 g/mol. The van der Waals surface area contributed by atoms with Crippen LogP contribution in [0.25, 0.3) is 22.3 Å².